The van der Waals surface area contributed by atoms with E-state index in [9.17, 15) is 9.36 Å². The van der Waals surface area contributed by atoms with Gasteiger partial charge in [-0.15, -0.1) is 0 Å². The van der Waals surface area contributed by atoms with Crippen LogP contribution < -0.4 is 10.1 Å². The molecule has 4 aromatic carbocycles. The Morgan fingerprint density at radius 1 is 0.750 bits per heavy atom. The molecular weight excluding hydrogens is 621 g/mol. The number of allylic oxidation sites excluding steroid dienone is 2. The van der Waals surface area contributed by atoms with Gasteiger partial charge in [0.15, 0.2) is 0 Å². The van der Waals surface area contributed by atoms with Crippen LogP contribution in [0.15, 0.2) is 126 Å². The number of H-pyrrole nitrogens is 1. The van der Waals surface area contributed by atoms with Gasteiger partial charge in [-0.1, -0.05) is 109 Å². The Bertz CT molecular complexity index is 2110. The van der Waals surface area contributed by atoms with Gasteiger partial charge < -0.3 is 9.51 Å². The average Bonchev–Trinajstić information content (AvgIpc) is 3.52. The molecule has 0 bridgehead atoms. The number of hydrogen-bond acceptors (Lipinski definition) is 6. The summed E-state index contributed by atoms with van der Waals surface area (Å²) in [6, 6.07) is 35.7. The zero-order valence-corrected chi connectivity index (χ0v) is 27.6. The lowest BCUT2D eigenvalue weighted by molar-refractivity contribution is 0.143. The minimum atomic E-state index is -4.04. The van der Waals surface area contributed by atoms with E-state index in [0.29, 0.717) is 16.8 Å². The molecule has 1 aliphatic carbocycles. The van der Waals surface area contributed by atoms with Gasteiger partial charge in [-0.25, -0.2) is 4.57 Å². The van der Waals surface area contributed by atoms with Crippen molar-refractivity contribution in [1.82, 2.24) is 14.6 Å². The Morgan fingerprint density at radius 2 is 1.35 bits per heavy atom. The van der Waals surface area contributed by atoms with Crippen LogP contribution in [-0.2, 0) is 26.8 Å². The summed E-state index contributed by atoms with van der Waals surface area (Å²) in [4.78, 5) is 17.6. The van der Waals surface area contributed by atoms with Crippen molar-refractivity contribution in [2.75, 3.05) is 0 Å². The molecule has 6 aromatic rings. The van der Waals surface area contributed by atoms with Crippen LogP contribution >= 0.6 is 7.82 Å². The van der Waals surface area contributed by atoms with Gasteiger partial charge in [0.05, 0.1) is 18.8 Å². The molecule has 0 amide bonds. The summed E-state index contributed by atoms with van der Waals surface area (Å²) in [5.74, 6) is 0.287. The van der Waals surface area contributed by atoms with E-state index in [1.165, 1.54) is 10.1 Å². The van der Waals surface area contributed by atoms with Gasteiger partial charge in [-0.2, -0.15) is 9.61 Å². The second-order valence-electron chi connectivity index (χ2n) is 11.8. The quantitative estimate of drug-likeness (QED) is 0.140. The molecule has 0 unspecified atom stereocenters. The number of phosphoric acid groups is 1. The first kappa shape index (κ1) is 31.6. The molecular formula is C39H36N3O5P. The lowest BCUT2D eigenvalue weighted by atomic mass is 9.92. The Morgan fingerprint density at radius 3 is 1.94 bits per heavy atom. The molecule has 0 aliphatic heterocycles. The maximum atomic E-state index is 14.1. The van der Waals surface area contributed by atoms with Crippen LogP contribution in [0.4, 0.5) is 0 Å². The number of fused-ring (bicyclic) bond motifs is 1. The summed E-state index contributed by atoms with van der Waals surface area (Å²) in [6.45, 7) is 2.00. The zero-order valence-electron chi connectivity index (χ0n) is 26.7. The normalized spacial score (nSPS) is 13.4. The molecule has 242 valence electrons. The third-order valence-corrected chi connectivity index (χ3v) is 9.78. The fraction of sp³-hybridized carbons (Fsp3) is 0.179. The van der Waals surface area contributed by atoms with Crippen molar-refractivity contribution in [2.45, 2.75) is 45.8 Å². The topological polar surface area (TPSA) is 94.9 Å². The molecule has 0 saturated heterocycles. The van der Waals surface area contributed by atoms with Crippen molar-refractivity contribution in [1.29, 1.82) is 0 Å². The molecule has 0 atom stereocenters. The number of rotatable bonds is 11. The molecule has 2 aromatic heterocycles. The van der Waals surface area contributed by atoms with E-state index in [2.05, 4.69) is 11.1 Å². The number of aryl methyl sites for hydroxylation is 1. The van der Waals surface area contributed by atoms with E-state index in [1.54, 1.807) is 24.3 Å². The predicted molar refractivity (Wildman–Crippen MR) is 189 cm³/mol. The van der Waals surface area contributed by atoms with Crippen LogP contribution in [0, 0.1) is 6.92 Å². The fourth-order valence-electron chi connectivity index (χ4n) is 6.05. The highest BCUT2D eigenvalue weighted by Gasteiger charge is 2.30. The number of nitrogens with one attached hydrogen (secondary N) is 1. The monoisotopic (exact) mass is 657 g/mol. The number of aromatic nitrogens is 3. The third kappa shape index (κ3) is 6.83. The second kappa shape index (κ2) is 14.0. The summed E-state index contributed by atoms with van der Waals surface area (Å²) >= 11 is 0. The highest BCUT2D eigenvalue weighted by Crippen LogP contribution is 2.51. The van der Waals surface area contributed by atoms with E-state index in [-0.39, 0.29) is 24.5 Å². The van der Waals surface area contributed by atoms with Gasteiger partial charge >= 0.3 is 7.82 Å². The number of nitrogens with zero attached hydrogens (tertiary/aromatic N) is 2. The summed E-state index contributed by atoms with van der Waals surface area (Å²) in [6.07, 6.45) is 6.50. The third-order valence-electron chi connectivity index (χ3n) is 8.46. The highest BCUT2D eigenvalue weighted by atomic mass is 31.2. The molecule has 2 heterocycles. The van der Waals surface area contributed by atoms with Crippen molar-refractivity contribution in [3.05, 3.63) is 154 Å². The number of aromatic amines is 1. The Kier molecular flexibility index (Phi) is 9.21. The van der Waals surface area contributed by atoms with Crippen molar-refractivity contribution in [2.24, 2.45) is 0 Å². The van der Waals surface area contributed by atoms with Gasteiger partial charge in [-0.3, -0.25) is 13.8 Å². The molecule has 0 saturated carbocycles. The summed E-state index contributed by atoms with van der Waals surface area (Å²) in [7, 11) is -4.04. The molecule has 48 heavy (non-hydrogen) atoms. The number of benzene rings is 4. The van der Waals surface area contributed by atoms with Crippen molar-refractivity contribution in [3.63, 3.8) is 0 Å². The van der Waals surface area contributed by atoms with Gasteiger partial charge in [0.1, 0.15) is 17.1 Å². The fourth-order valence-corrected chi connectivity index (χ4v) is 7.23. The summed E-state index contributed by atoms with van der Waals surface area (Å²) < 4.78 is 32.8. The maximum absolute atomic E-state index is 14.1. The molecule has 8 nitrogen and oxygen atoms in total. The highest BCUT2D eigenvalue weighted by molar-refractivity contribution is 7.48. The van der Waals surface area contributed by atoms with Crippen LogP contribution in [-0.4, -0.2) is 14.6 Å². The first-order valence-corrected chi connectivity index (χ1v) is 17.6. The van der Waals surface area contributed by atoms with Crippen molar-refractivity contribution >= 4 is 19.0 Å². The largest absolute Gasteiger partial charge is 0.530 e. The Labute approximate surface area is 279 Å². The predicted octanol–water partition coefficient (Wildman–Crippen LogP) is 9.54. The average molecular weight is 658 g/mol. The second-order valence-corrected chi connectivity index (χ2v) is 13.4. The SMILES string of the molecule is Cc1[nH]c2c(C3=CCCCC3)c(-c3ccccc3)nn2c(=O)c1-c1ccc(OP(=O)(OCc2ccccc2)OCc2ccccc2)cc1. The summed E-state index contributed by atoms with van der Waals surface area (Å²) in [5, 5.41) is 4.88. The van der Waals surface area contributed by atoms with Crippen LogP contribution in [0.5, 0.6) is 5.75 Å². The van der Waals surface area contributed by atoms with Crippen LogP contribution in [0.25, 0.3) is 33.6 Å². The van der Waals surface area contributed by atoms with Gasteiger partial charge in [-0.05, 0) is 67.0 Å². The standard InChI is InChI=1S/C39H36N3O5P/c1-28-35(39(43)42-38(40-28)36(31-18-10-4-11-19-31)37(41-42)33-20-12-5-13-21-33)32-22-24-34(25-23-32)47-48(44,45-26-29-14-6-2-7-15-29)46-27-30-16-8-3-9-17-30/h2-3,5-9,12-18,20-25,40H,4,10-11,19,26-27H2,1H3. The van der Waals surface area contributed by atoms with E-state index in [0.717, 1.165) is 59.3 Å². The molecule has 0 spiro atoms. The Hall–Kier alpha value is -5.01. The van der Waals surface area contributed by atoms with Gasteiger partial charge in [0, 0.05) is 16.8 Å². The first-order chi connectivity index (χ1) is 23.5. The minimum absolute atomic E-state index is 0.0489. The minimum Gasteiger partial charge on any atom is -0.404 e. The van der Waals surface area contributed by atoms with Crippen LogP contribution in [0.2, 0.25) is 0 Å². The number of hydrogen-bond donors (Lipinski definition) is 1. The van der Waals surface area contributed by atoms with Crippen molar-refractivity contribution in [3.8, 4) is 28.1 Å². The number of phosphoric ester groups is 1. The van der Waals surface area contributed by atoms with Crippen LogP contribution in [0.1, 0.15) is 48.1 Å². The Balaban J connectivity index is 1.20. The molecule has 0 radical (unpaired) electrons. The molecule has 1 N–H and O–H groups in total. The van der Waals surface area contributed by atoms with Gasteiger partial charge in [0.2, 0.25) is 0 Å². The zero-order chi connectivity index (χ0) is 32.9. The van der Waals surface area contributed by atoms with E-state index in [4.69, 9.17) is 18.7 Å². The van der Waals surface area contributed by atoms with E-state index in [1.807, 2.05) is 97.9 Å². The lowest BCUT2D eigenvalue weighted by Crippen LogP contribution is -2.19. The molecule has 9 heteroatoms. The lowest BCUT2D eigenvalue weighted by Gasteiger charge is -2.19. The van der Waals surface area contributed by atoms with E-state index >= 15 is 0 Å². The first-order valence-electron chi connectivity index (χ1n) is 16.1. The maximum Gasteiger partial charge on any atom is 0.530 e. The molecule has 7 rings (SSSR count). The molecule has 0 fully saturated rings. The molecule has 1 aliphatic rings. The van der Waals surface area contributed by atoms with E-state index < -0.39 is 7.82 Å². The summed E-state index contributed by atoms with van der Waals surface area (Å²) in [5.41, 5.74) is 7.98. The smallest absolute Gasteiger partial charge is 0.404 e. The van der Waals surface area contributed by atoms with Crippen molar-refractivity contribution < 1.29 is 18.1 Å². The van der Waals surface area contributed by atoms with Crippen LogP contribution in [0.3, 0.4) is 0 Å². The van der Waals surface area contributed by atoms with Gasteiger partial charge in [0.25, 0.3) is 5.56 Å².